The maximum Gasteiger partial charge on any atom is 0.164 e. The first-order chi connectivity index (χ1) is 20.8. The van der Waals surface area contributed by atoms with Crippen molar-refractivity contribution in [3.63, 3.8) is 0 Å². The van der Waals surface area contributed by atoms with Gasteiger partial charge in [0.05, 0.1) is 10.2 Å². The van der Waals surface area contributed by atoms with Crippen molar-refractivity contribution in [2.24, 2.45) is 0 Å². The smallest absolute Gasteiger partial charge is 0.164 e. The molecule has 0 N–H and O–H groups in total. The van der Waals surface area contributed by atoms with Crippen LogP contribution in [0, 0.1) is 0 Å². The Balaban J connectivity index is 1.43. The Morgan fingerprint density at radius 1 is 0.548 bits per heavy atom. The van der Waals surface area contributed by atoms with Gasteiger partial charge >= 0.3 is 0 Å². The summed E-state index contributed by atoms with van der Waals surface area (Å²) in [4.78, 5) is 20.5. The fourth-order valence-electron chi connectivity index (χ4n) is 5.94. The van der Waals surface area contributed by atoms with E-state index in [1.165, 1.54) is 10.1 Å². The fraction of sp³-hybridized carbons (Fsp3) is 0. The molecule has 0 amide bonds. The molecular formula is C36H21N5S. The van der Waals surface area contributed by atoms with Crippen molar-refractivity contribution in [2.75, 3.05) is 0 Å². The topological polar surface area (TPSA) is 56.0 Å². The molecule has 6 heteroatoms. The number of fused-ring (bicyclic) bond motifs is 8. The van der Waals surface area contributed by atoms with E-state index in [-0.39, 0.29) is 0 Å². The van der Waals surface area contributed by atoms with Gasteiger partial charge in [-0.25, -0.2) is 19.9 Å². The minimum absolute atomic E-state index is 0.646. The lowest BCUT2D eigenvalue weighted by atomic mass is 10.0. The molecule has 0 aliphatic rings. The SMILES string of the molecule is c1ccc(-c2nc(-c3cccc4ccccc34)nc(-c3cc4c(nc5ccccn54)c4sc5ccccc5c34)n2)cc1. The Kier molecular flexibility index (Phi) is 5.00. The van der Waals surface area contributed by atoms with Gasteiger partial charge in [0, 0.05) is 38.4 Å². The molecule has 0 saturated heterocycles. The lowest BCUT2D eigenvalue weighted by molar-refractivity contribution is 1.08. The normalized spacial score (nSPS) is 11.8. The second-order valence-corrected chi connectivity index (χ2v) is 11.4. The summed E-state index contributed by atoms with van der Waals surface area (Å²) in [5.41, 5.74) is 5.85. The number of benzene rings is 5. The van der Waals surface area contributed by atoms with Gasteiger partial charge in [-0.15, -0.1) is 11.3 Å². The molecular weight excluding hydrogens is 534 g/mol. The minimum Gasteiger partial charge on any atom is -0.300 e. The van der Waals surface area contributed by atoms with Crippen LogP contribution in [-0.2, 0) is 0 Å². The van der Waals surface area contributed by atoms with Gasteiger partial charge in [0.2, 0.25) is 0 Å². The quantitative estimate of drug-likeness (QED) is 0.218. The first-order valence-corrected chi connectivity index (χ1v) is 14.6. The van der Waals surface area contributed by atoms with Gasteiger partial charge in [0.15, 0.2) is 17.5 Å². The molecule has 0 fully saturated rings. The third-order valence-electron chi connectivity index (χ3n) is 7.87. The van der Waals surface area contributed by atoms with E-state index in [1.807, 2.05) is 36.4 Å². The number of aromatic nitrogens is 5. The van der Waals surface area contributed by atoms with E-state index in [4.69, 9.17) is 19.9 Å². The maximum atomic E-state index is 5.21. The summed E-state index contributed by atoms with van der Waals surface area (Å²) >= 11 is 1.77. The van der Waals surface area contributed by atoms with Crippen LogP contribution < -0.4 is 0 Å². The predicted octanol–water partition coefficient (Wildman–Crippen LogP) is 9.19. The van der Waals surface area contributed by atoms with E-state index < -0.39 is 0 Å². The Morgan fingerprint density at radius 3 is 2.17 bits per heavy atom. The number of rotatable bonds is 3. The van der Waals surface area contributed by atoms with Gasteiger partial charge < -0.3 is 0 Å². The predicted molar refractivity (Wildman–Crippen MR) is 173 cm³/mol. The minimum atomic E-state index is 0.646. The zero-order valence-corrected chi connectivity index (χ0v) is 23.1. The lowest BCUT2D eigenvalue weighted by Crippen LogP contribution is -2.01. The first-order valence-electron chi connectivity index (χ1n) is 13.8. The van der Waals surface area contributed by atoms with Crippen LogP contribution in [-0.4, -0.2) is 24.3 Å². The average Bonchev–Trinajstić information content (AvgIpc) is 3.63. The number of imidazole rings is 1. The van der Waals surface area contributed by atoms with Gasteiger partial charge in [-0.3, -0.25) is 4.40 Å². The van der Waals surface area contributed by atoms with Crippen molar-refractivity contribution in [3.8, 4) is 34.2 Å². The third-order valence-corrected chi connectivity index (χ3v) is 9.04. The molecule has 0 atom stereocenters. The molecule has 0 unspecified atom stereocenters. The molecule has 9 aromatic rings. The molecule has 0 aliphatic carbocycles. The molecule has 9 rings (SSSR count). The Labute approximate surface area is 244 Å². The highest BCUT2D eigenvalue weighted by Crippen LogP contribution is 2.44. The molecule has 0 saturated carbocycles. The van der Waals surface area contributed by atoms with Crippen LogP contribution in [0.25, 0.3) is 81.8 Å². The molecule has 42 heavy (non-hydrogen) atoms. The summed E-state index contributed by atoms with van der Waals surface area (Å²) in [5, 5.41) is 4.57. The highest BCUT2D eigenvalue weighted by molar-refractivity contribution is 7.26. The van der Waals surface area contributed by atoms with E-state index in [0.29, 0.717) is 17.5 Å². The van der Waals surface area contributed by atoms with Crippen LogP contribution in [0.4, 0.5) is 0 Å². The van der Waals surface area contributed by atoms with Crippen LogP contribution in [0.1, 0.15) is 0 Å². The summed E-state index contributed by atoms with van der Waals surface area (Å²) in [7, 11) is 0. The summed E-state index contributed by atoms with van der Waals surface area (Å²) in [6.45, 7) is 0. The van der Waals surface area contributed by atoms with Crippen LogP contribution >= 0.6 is 11.3 Å². The average molecular weight is 556 g/mol. The largest absolute Gasteiger partial charge is 0.300 e. The van der Waals surface area contributed by atoms with E-state index in [0.717, 1.165) is 54.2 Å². The van der Waals surface area contributed by atoms with E-state index in [1.54, 1.807) is 11.3 Å². The van der Waals surface area contributed by atoms with Crippen LogP contribution in [0.15, 0.2) is 128 Å². The number of hydrogen-bond acceptors (Lipinski definition) is 5. The van der Waals surface area contributed by atoms with Crippen LogP contribution in [0.5, 0.6) is 0 Å². The molecule has 0 spiro atoms. The molecule has 5 nitrogen and oxygen atoms in total. The number of thiophene rings is 1. The molecule has 196 valence electrons. The first kappa shape index (κ1) is 23.3. The standard InChI is InChI=1S/C36H21N5S/c1-2-12-23(13-3-1)34-38-35(25-17-10-14-22-11-4-5-15-24(22)25)40-36(39-34)27-21-28-32(37-30-19-8-9-20-41(28)30)33-31(27)26-16-6-7-18-29(26)42-33/h1-21H. The monoisotopic (exact) mass is 555 g/mol. The van der Waals surface area contributed by atoms with Gasteiger partial charge in [-0.05, 0) is 35.0 Å². The summed E-state index contributed by atoms with van der Waals surface area (Å²) in [6.07, 6.45) is 2.07. The molecule has 0 aliphatic heterocycles. The van der Waals surface area contributed by atoms with Gasteiger partial charge in [-0.1, -0.05) is 97.1 Å². The van der Waals surface area contributed by atoms with E-state index in [2.05, 4.69) is 95.5 Å². The molecule has 5 aromatic carbocycles. The second-order valence-electron chi connectivity index (χ2n) is 10.3. The van der Waals surface area contributed by atoms with E-state index >= 15 is 0 Å². The van der Waals surface area contributed by atoms with Crippen LogP contribution in [0.2, 0.25) is 0 Å². The fourth-order valence-corrected chi connectivity index (χ4v) is 7.15. The second kappa shape index (κ2) is 9.03. The Bertz CT molecular complexity index is 2470. The summed E-state index contributed by atoms with van der Waals surface area (Å²) in [6, 6.07) is 41.7. The van der Waals surface area contributed by atoms with Crippen molar-refractivity contribution < 1.29 is 0 Å². The van der Waals surface area contributed by atoms with Crippen molar-refractivity contribution in [3.05, 3.63) is 128 Å². The number of hydrogen-bond donors (Lipinski definition) is 0. The zero-order valence-electron chi connectivity index (χ0n) is 22.3. The van der Waals surface area contributed by atoms with Gasteiger partial charge in [-0.2, -0.15) is 0 Å². The highest BCUT2D eigenvalue weighted by atomic mass is 32.1. The molecule has 4 aromatic heterocycles. The molecule has 0 radical (unpaired) electrons. The lowest BCUT2D eigenvalue weighted by Gasteiger charge is -2.11. The summed E-state index contributed by atoms with van der Waals surface area (Å²) in [5.74, 6) is 1.95. The summed E-state index contributed by atoms with van der Waals surface area (Å²) < 4.78 is 4.50. The van der Waals surface area contributed by atoms with Crippen molar-refractivity contribution >= 4 is 59.0 Å². The Hall–Kier alpha value is -5.46. The number of pyridine rings is 1. The van der Waals surface area contributed by atoms with E-state index in [9.17, 15) is 0 Å². The molecule has 0 bridgehead atoms. The van der Waals surface area contributed by atoms with Gasteiger partial charge in [0.1, 0.15) is 11.2 Å². The zero-order chi connectivity index (χ0) is 27.6. The van der Waals surface area contributed by atoms with Crippen molar-refractivity contribution in [1.82, 2.24) is 24.3 Å². The van der Waals surface area contributed by atoms with Crippen LogP contribution in [0.3, 0.4) is 0 Å². The van der Waals surface area contributed by atoms with Crippen molar-refractivity contribution in [1.29, 1.82) is 0 Å². The van der Waals surface area contributed by atoms with Crippen molar-refractivity contribution in [2.45, 2.75) is 0 Å². The third kappa shape index (κ3) is 3.49. The maximum absolute atomic E-state index is 5.21. The molecule has 4 heterocycles. The van der Waals surface area contributed by atoms with Gasteiger partial charge in [0.25, 0.3) is 0 Å². The Morgan fingerprint density at radius 2 is 1.26 bits per heavy atom. The highest BCUT2D eigenvalue weighted by Gasteiger charge is 2.21. The number of nitrogens with zero attached hydrogens (tertiary/aromatic N) is 5.